The fourth-order valence-electron chi connectivity index (χ4n) is 1.41. The van der Waals surface area contributed by atoms with E-state index in [0.29, 0.717) is 0 Å². The summed E-state index contributed by atoms with van der Waals surface area (Å²) in [6, 6.07) is 1.83. The number of pyridine rings is 1. The van der Waals surface area contributed by atoms with Gasteiger partial charge in [0, 0.05) is 6.20 Å². The summed E-state index contributed by atoms with van der Waals surface area (Å²) in [5.41, 5.74) is 1.27. The van der Waals surface area contributed by atoms with Gasteiger partial charge in [0.15, 0.2) is 0 Å². The number of rotatable bonds is 1. The monoisotopic (exact) mass is 250 g/mol. The summed E-state index contributed by atoms with van der Waals surface area (Å²) in [5.74, 6) is -0.554. The molecule has 0 aliphatic rings. The molecule has 18 heavy (non-hydrogen) atoms. The van der Waals surface area contributed by atoms with E-state index >= 15 is 0 Å². The summed E-state index contributed by atoms with van der Waals surface area (Å²) in [4.78, 5) is 27.2. The average Bonchev–Trinajstić information content (AvgIpc) is 2.13. The minimum Gasteiger partial charge on any atom is -0.444 e. The van der Waals surface area contributed by atoms with Gasteiger partial charge in [0.05, 0.1) is 0 Å². The lowest BCUT2D eigenvalue weighted by Crippen LogP contribution is -2.37. The van der Waals surface area contributed by atoms with Crippen molar-refractivity contribution >= 4 is 12.0 Å². The zero-order chi connectivity index (χ0) is 13.9. The fourth-order valence-corrected chi connectivity index (χ4v) is 1.41. The van der Waals surface area contributed by atoms with E-state index in [1.165, 1.54) is 0 Å². The standard InChI is InChI=1S/C13H18N2O3/c1-8-6-9(2)10(14-7-8)11(16)15-12(17)18-13(3,4)5/h6-7H,1-5H3,(H,15,16,17). The molecule has 0 radical (unpaired) electrons. The Morgan fingerprint density at radius 1 is 1.28 bits per heavy atom. The molecule has 2 amide bonds. The van der Waals surface area contributed by atoms with Gasteiger partial charge < -0.3 is 4.74 Å². The number of imide groups is 1. The first-order valence-electron chi connectivity index (χ1n) is 5.66. The van der Waals surface area contributed by atoms with E-state index in [2.05, 4.69) is 10.3 Å². The van der Waals surface area contributed by atoms with Crippen molar-refractivity contribution < 1.29 is 14.3 Å². The van der Waals surface area contributed by atoms with Gasteiger partial charge in [-0.3, -0.25) is 15.1 Å². The molecule has 0 saturated carbocycles. The lowest BCUT2D eigenvalue weighted by atomic mass is 10.1. The number of alkyl carbamates (subject to hydrolysis) is 1. The molecule has 0 aliphatic carbocycles. The summed E-state index contributed by atoms with van der Waals surface area (Å²) < 4.78 is 4.99. The van der Waals surface area contributed by atoms with Crippen LogP contribution in [0.5, 0.6) is 0 Å². The van der Waals surface area contributed by atoms with Gasteiger partial charge in [-0.05, 0) is 45.7 Å². The number of ether oxygens (including phenoxy) is 1. The van der Waals surface area contributed by atoms with Crippen LogP contribution in [0.25, 0.3) is 0 Å². The number of carbonyl (C=O) groups excluding carboxylic acids is 2. The van der Waals surface area contributed by atoms with Gasteiger partial charge in [0.1, 0.15) is 11.3 Å². The maximum absolute atomic E-state index is 11.8. The van der Waals surface area contributed by atoms with Crippen molar-refractivity contribution in [1.82, 2.24) is 10.3 Å². The number of aromatic nitrogens is 1. The molecule has 0 aromatic carbocycles. The minimum atomic E-state index is -0.769. The number of hydrogen-bond acceptors (Lipinski definition) is 4. The molecule has 1 aromatic rings. The second-order valence-corrected chi connectivity index (χ2v) is 5.13. The highest BCUT2D eigenvalue weighted by atomic mass is 16.6. The van der Waals surface area contributed by atoms with Gasteiger partial charge in [-0.25, -0.2) is 4.79 Å². The second kappa shape index (κ2) is 5.16. The zero-order valence-corrected chi connectivity index (χ0v) is 11.3. The summed E-state index contributed by atoms with van der Waals surface area (Å²) >= 11 is 0. The quantitative estimate of drug-likeness (QED) is 0.830. The van der Waals surface area contributed by atoms with Crippen molar-refractivity contribution in [3.63, 3.8) is 0 Å². The van der Waals surface area contributed by atoms with Crippen molar-refractivity contribution in [3.05, 3.63) is 29.1 Å². The number of nitrogens with zero attached hydrogens (tertiary/aromatic N) is 1. The highest BCUT2D eigenvalue weighted by molar-refractivity contribution is 6.02. The van der Waals surface area contributed by atoms with E-state index in [0.717, 1.165) is 11.1 Å². The van der Waals surface area contributed by atoms with E-state index in [1.807, 2.05) is 13.0 Å². The van der Waals surface area contributed by atoms with Gasteiger partial charge in [0.25, 0.3) is 5.91 Å². The van der Waals surface area contributed by atoms with Crippen molar-refractivity contribution in [3.8, 4) is 0 Å². The van der Waals surface area contributed by atoms with Gasteiger partial charge in [-0.15, -0.1) is 0 Å². The van der Waals surface area contributed by atoms with Crippen LogP contribution in [0.4, 0.5) is 4.79 Å². The maximum atomic E-state index is 11.8. The first-order valence-corrected chi connectivity index (χ1v) is 5.66. The SMILES string of the molecule is Cc1cnc(C(=O)NC(=O)OC(C)(C)C)c(C)c1. The molecule has 1 rings (SSSR count). The third kappa shape index (κ3) is 4.16. The van der Waals surface area contributed by atoms with Crippen LogP contribution in [-0.2, 0) is 4.74 Å². The van der Waals surface area contributed by atoms with Crippen molar-refractivity contribution in [2.75, 3.05) is 0 Å². The first kappa shape index (κ1) is 14.2. The van der Waals surface area contributed by atoms with Crippen LogP contribution in [-0.4, -0.2) is 22.6 Å². The molecule has 0 spiro atoms. The van der Waals surface area contributed by atoms with E-state index in [1.54, 1.807) is 33.9 Å². The van der Waals surface area contributed by atoms with Crippen molar-refractivity contribution in [2.24, 2.45) is 0 Å². The van der Waals surface area contributed by atoms with Gasteiger partial charge in [0.2, 0.25) is 0 Å². The van der Waals surface area contributed by atoms with Crippen LogP contribution < -0.4 is 5.32 Å². The van der Waals surface area contributed by atoms with E-state index in [4.69, 9.17) is 4.74 Å². The molecule has 0 aliphatic heterocycles. The number of hydrogen-bond donors (Lipinski definition) is 1. The second-order valence-electron chi connectivity index (χ2n) is 5.13. The summed E-state index contributed by atoms with van der Waals surface area (Å²) in [5, 5.41) is 2.15. The van der Waals surface area contributed by atoms with Crippen LogP contribution in [0.1, 0.15) is 42.4 Å². The molecule has 0 saturated heterocycles. The van der Waals surface area contributed by atoms with Gasteiger partial charge in [-0.1, -0.05) is 6.07 Å². The van der Waals surface area contributed by atoms with Crippen LogP contribution in [0, 0.1) is 13.8 Å². The van der Waals surface area contributed by atoms with E-state index in [-0.39, 0.29) is 5.69 Å². The number of amides is 2. The Morgan fingerprint density at radius 2 is 1.89 bits per heavy atom. The molecular weight excluding hydrogens is 232 g/mol. The Balaban J connectivity index is 2.74. The van der Waals surface area contributed by atoms with Crippen molar-refractivity contribution in [1.29, 1.82) is 0 Å². The number of nitrogens with one attached hydrogen (secondary N) is 1. The van der Waals surface area contributed by atoms with Crippen molar-refractivity contribution in [2.45, 2.75) is 40.2 Å². The highest BCUT2D eigenvalue weighted by Crippen LogP contribution is 2.09. The molecule has 5 heteroatoms. The Morgan fingerprint density at radius 3 is 2.39 bits per heavy atom. The van der Waals surface area contributed by atoms with E-state index in [9.17, 15) is 9.59 Å². The van der Waals surface area contributed by atoms with Crippen LogP contribution in [0.3, 0.4) is 0 Å². The zero-order valence-electron chi connectivity index (χ0n) is 11.3. The molecule has 0 unspecified atom stereocenters. The Kier molecular flexibility index (Phi) is 4.06. The molecule has 5 nitrogen and oxygen atoms in total. The lowest BCUT2D eigenvalue weighted by Gasteiger charge is -2.19. The summed E-state index contributed by atoms with van der Waals surface area (Å²) in [6.07, 6.45) is 0.811. The van der Waals surface area contributed by atoms with E-state index < -0.39 is 17.6 Å². The third-order valence-corrected chi connectivity index (χ3v) is 2.04. The largest absolute Gasteiger partial charge is 0.444 e. The maximum Gasteiger partial charge on any atom is 0.414 e. The predicted molar refractivity (Wildman–Crippen MR) is 67.4 cm³/mol. The summed E-state index contributed by atoms with van der Waals surface area (Å²) in [6.45, 7) is 8.84. The molecule has 0 bridgehead atoms. The fraction of sp³-hybridized carbons (Fsp3) is 0.462. The molecule has 0 atom stereocenters. The minimum absolute atomic E-state index is 0.228. The third-order valence-electron chi connectivity index (χ3n) is 2.04. The normalized spacial score (nSPS) is 10.9. The highest BCUT2D eigenvalue weighted by Gasteiger charge is 2.20. The smallest absolute Gasteiger partial charge is 0.414 e. The lowest BCUT2D eigenvalue weighted by molar-refractivity contribution is 0.0507. The van der Waals surface area contributed by atoms with Crippen LogP contribution in [0.2, 0.25) is 0 Å². The molecule has 98 valence electrons. The molecule has 1 heterocycles. The average molecular weight is 250 g/mol. The predicted octanol–water partition coefficient (Wildman–Crippen LogP) is 2.36. The number of aryl methyl sites for hydroxylation is 2. The molecule has 1 aromatic heterocycles. The first-order chi connectivity index (χ1) is 8.19. The summed E-state index contributed by atoms with van der Waals surface area (Å²) in [7, 11) is 0. The number of carbonyl (C=O) groups is 2. The van der Waals surface area contributed by atoms with Gasteiger partial charge >= 0.3 is 6.09 Å². The topological polar surface area (TPSA) is 68.3 Å². The Hall–Kier alpha value is -1.91. The molecular formula is C13H18N2O3. The van der Waals surface area contributed by atoms with Crippen LogP contribution >= 0.6 is 0 Å². The Labute approximate surface area is 107 Å². The molecule has 0 fully saturated rings. The Bertz CT molecular complexity index is 476. The van der Waals surface area contributed by atoms with Gasteiger partial charge in [-0.2, -0.15) is 0 Å². The molecule has 1 N–H and O–H groups in total. The van der Waals surface area contributed by atoms with Crippen LogP contribution in [0.15, 0.2) is 12.3 Å².